The summed E-state index contributed by atoms with van der Waals surface area (Å²) >= 11 is 4.91. The molecule has 0 aromatic heterocycles. The molecular weight excluding hydrogens is 196 g/mol. The second-order valence-electron chi connectivity index (χ2n) is 2.91. The first-order valence-electron chi connectivity index (χ1n) is 4.23. The van der Waals surface area contributed by atoms with E-state index in [4.69, 9.17) is 17.1 Å². The van der Waals surface area contributed by atoms with Gasteiger partial charge in [0.1, 0.15) is 0 Å². The van der Waals surface area contributed by atoms with Gasteiger partial charge in [-0.15, -0.1) is 0 Å². The molecular formula is C10H12N2OS. The molecule has 0 unspecified atom stereocenters. The molecule has 0 heterocycles. The van der Waals surface area contributed by atoms with Crippen LogP contribution in [-0.4, -0.2) is 10.9 Å². The monoisotopic (exact) mass is 208 g/mol. The number of para-hydroxylation sites is 1. The zero-order valence-electron chi connectivity index (χ0n) is 8.15. The van der Waals surface area contributed by atoms with Crippen LogP contribution < -0.4 is 5.32 Å². The zero-order chi connectivity index (χ0) is 10.4. The molecule has 1 rings (SSSR count). The van der Waals surface area contributed by atoms with Crippen molar-refractivity contribution in [2.75, 3.05) is 5.32 Å². The number of thiocarbonyl (C=S) groups is 1. The molecule has 1 aromatic carbocycles. The maximum atomic E-state index is 4.92. The highest BCUT2D eigenvalue weighted by molar-refractivity contribution is 7.80. The zero-order valence-corrected chi connectivity index (χ0v) is 8.97. The first kappa shape index (κ1) is 10.7. The normalized spacial score (nSPS) is 9.00. The summed E-state index contributed by atoms with van der Waals surface area (Å²) in [5.74, 6) is 0. The maximum Gasteiger partial charge on any atom is 0.293 e. The lowest BCUT2D eigenvalue weighted by Crippen LogP contribution is -2.10. The van der Waals surface area contributed by atoms with Crippen molar-refractivity contribution in [2.45, 2.75) is 13.8 Å². The number of hydrogen-bond donors (Lipinski definition) is 1. The quantitative estimate of drug-likeness (QED) is 0.461. The SMILES string of the molecule is CC(C)=NOC(=S)Nc1ccccc1. The number of hydrogen-bond acceptors (Lipinski definition) is 3. The van der Waals surface area contributed by atoms with Crippen molar-refractivity contribution in [2.24, 2.45) is 5.16 Å². The van der Waals surface area contributed by atoms with Gasteiger partial charge in [0, 0.05) is 5.69 Å². The molecule has 4 heteroatoms. The van der Waals surface area contributed by atoms with Gasteiger partial charge in [0.15, 0.2) is 0 Å². The molecule has 0 fully saturated rings. The number of benzene rings is 1. The van der Waals surface area contributed by atoms with Gasteiger partial charge in [-0.05, 0) is 38.2 Å². The molecule has 0 bridgehead atoms. The van der Waals surface area contributed by atoms with Gasteiger partial charge in [0.2, 0.25) is 0 Å². The highest BCUT2D eigenvalue weighted by Crippen LogP contribution is 2.05. The summed E-state index contributed by atoms with van der Waals surface area (Å²) in [6, 6.07) is 9.57. The van der Waals surface area contributed by atoms with Crippen molar-refractivity contribution in [3.63, 3.8) is 0 Å². The summed E-state index contributed by atoms with van der Waals surface area (Å²) in [5, 5.41) is 6.88. The standard InChI is InChI=1S/C10H12N2OS/c1-8(2)12-13-10(14)11-9-6-4-3-5-7-9/h3-7H,1-2H3,(H,11,14). The van der Waals surface area contributed by atoms with Crippen LogP contribution in [0.4, 0.5) is 5.69 Å². The summed E-state index contributed by atoms with van der Waals surface area (Å²) in [4.78, 5) is 4.92. The van der Waals surface area contributed by atoms with Crippen LogP contribution in [0.15, 0.2) is 35.5 Å². The van der Waals surface area contributed by atoms with E-state index in [1.54, 1.807) is 0 Å². The summed E-state index contributed by atoms with van der Waals surface area (Å²) in [6.07, 6.45) is 0. The van der Waals surface area contributed by atoms with E-state index < -0.39 is 0 Å². The minimum Gasteiger partial charge on any atom is -0.326 e. The van der Waals surface area contributed by atoms with Crippen LogP contribution in [0.25, 0.3) is 0 Å². The molecule has 0 aliphatic heterocycles. The minimum absolute atomic E-state index is 0.248. The maximum absolute atomic E-state index is 4.92. The van der Waals surface area contributed by atoms with Crippen LogP contribution in [0, 0.1) is 0 Å². The van der Waals surface area contributed by atoms with E-state index in [2.05, 4.69) is 10.5 Å². The van der Waals surface area contributed by atoms with Crippen LogP contribution in [0.3, 0.4) is 0 Å². The Hall–Kier alpha value is -1.42. The first-order valence-corrected chi connectivity index (χ1v) is 4.63. The highest BCUT2D eigenvalue weighted by Gasteiger charge is 1.96. The largest absolute Gasteiger partial charge is 0.326 e. The summed E-state index contributed by atoms with van der Waals surface area (Å²) in [7, 11) is 0. The summed E-state index contributed by atoms with van der Waals surface area (Å²) in [6.45, 7) is 3.68. The van der Waals surface area contributed by atoms with Crippen molar-refractivity contribution in [1.29, 1.82) is 0 Å². The predicted molar refractivity (Wildman–Crippen MR) is 62.5 cm³/mol. The summed E-state index contributed by atoms with van der Waals surface area (Å²) < 4.78 is 0. The lowest BCUT2D eigenvalue weighted by molar-refractivity contribution is 0.336. The average Bonchev–Trinajstić information content (AvgIpc) is 2.16. The van der Waals surface area contributed by atoms with E-state index in [1.165, 1.54) is 0 Å². The van der Waals surface area contributed by atoms with E-state index >= 15 is 0 Å². The molecule has 0 radical (unpaired) electrons. The third-order valence-corrected chi connectivity index (χ3v) is 1.51. The highest BCUT2D eigenvalue weighted by atomic mass is 32.1. The Morgan fingerprint density at radius 1 is 1.29 bits per heavy atom. The number of oxime groups is 1. The van der Waals surface area contributed by atoms with E-state index in [9.17, 15) is 0 Å². The van der Waals surface area contributed by atoms with E-state index in [0.29, 0.717) is 0 Å². The van der Waals surface area contributed by atoms with Crippen molar-refractivity contribution >= 4 is 28.8 Å². The third kappa shape index (κ3) is 4.00. The first-order chi connectivity index (χ1) is 6.68. The fraction of sp³-hybridized carbons (Fsp3) is 0.200. The van der Waals surface area contributed by atoms with Crippen LogP contribution >= 0.6 is 12.2 Å². The smallest absolute Gasteiger partial charge is 0.293 e. The van der Waals surface area contributed by atoms with Gasteiger partial charge in [-0.2, -0.15) is 0 Å². The Morgan fingerprint density at radius 3 is 2.50 bits per heavy atom. The van der Waals surface area contributed by atoms with Gasteiger partial charge in [0.25, 0.3) is 5.17 Å². The van der Waals surface area contributed by atoms with E-state index in [0.717, 1.165) is 11.4 Å². The van der Waals surface area contributed by atoms with Gasteiger partial charge >= 0.3 is 0 Å². The third-order valence-electron chi connectivity index (χ3n) is 1.33. The number of nitrogens with one attached hydrogen (secondary N) is 1. The number of rotatable bonds is 2. The van der Waals surface area contributed by atoms with Crippen molar-refractivity contribution < 1.29 is 4.84 Å². The molecule has 0 saturated heterocycles. The molecule has 0 amide bonds. The molecule has 1 N–H and O–H groups in total. The molecule has 0 spiro atoms. The Kier molecular flexibility index (Phi) is 4.07. The molecule has 74 valence electrons. The molecule has 0 atom stereocenters. The Labute approximate surface area is 88.8 Å². The molecule has 14 heavy (non-hydrogen) atoms. The molecule has 3 nitrogen and oxygen atoms in total. The lowest BCUT2D eigenvalue weighted by atomic mass is 10.3. The van der Waals surface area contributed by atoms with E-state index in [1.807, 2.05) is 44.2 Å². The molecule has 0 saturated carbocycles. The second kappa shape index (κ2) is 5.34. The van der Waals surface area contributed by atoms with Crippen molar-refractivity contribution in [3.05, 3.63) is 30.3 Å². The molecule has 1 aromatic rings. The topological polar surface area (TPSA) is 33.6 Å². The van der Waals surface area contributed by atoms with Gasteiger partial charge in [-0.3, -0.25) is 0 Å². The van der Waals surface area contributed by atoms with Gasteiger partial charge in [-0.25, -0.2) is 0 Å². The number of anilines is 1. The Balaban J connectivity index is 2.46. The average molecular weight is 208 g/mol. The van der Waals surface area contributed by atoms with Crippen LogP contribution in [0.1, 0.15) is 13.8 Å². The number of nitrogens with zero attached hydrogens (tertiary/aromatic N) is 1. The fourth-order valence-corrected chi connectivity index (χ4v) is 0.950. The van der Waals surface area contributed by atoms with Crippen molar-refractivity contribution in [1.82, 2.24) is 0 Å². The van der Waals surface area contributed by atoms with Crippen LogP contribution in [0.5, 0.6) is 0 Å². The van der Waals surface area contributed by atoms with E-state index in [-0.39, 0.29) is 5.17 Å². The lowest BCUT2D eigenvalue weighted by Gasteiger charge is -2.04. The second-order valence-corrected chi connectivity index (χ2v) is 3.28. The van der Waals surface area contributed by atoms with Gasteiger partial charge in [-0.1, -0.05) is 23.4 Å². The molecule has 0 aliphatic carbocycles. The van der Waals surface area contributed by atoms with Gasteiger partial charge in [0.05, 0.1) is 5.71 Å². The Bertz CT molecular complexity index is 331. The summed E-state index contributed by atoms with van der Waals surface area (Å²) in [5.41, 5.74) is 1.71. The van der Waals surface area contributed by atoms with Crippen molar-refractivity contribution in [3.8, 4) is 0 Å². The Morgan fingerprint density at radius 2 is 1.93 bits per heavy atom. The van der Waals surface area contributed by atoms with Gasteiger partial charge < -0.3 is 10.2 Å². The fourth-order valence-electron chi connectivity index (χ4n) is 0.795. The van der Waals surface area contributed by atoms with Crippen LogP contribution in [0.2, 0.25) is 0 Å². The minimum atomic E-state index is 0.248. The van der Waals surface area contributed by atoms with Crippen LogP contribution in [-0.2, 0) is 4.84 Å². The molecule has 0 aliphatic rings. The predicted octanol–water partition coefficient (Wildman–Crippen LogP) is 2.80.